The minimum atomic E-state index is -0.454. The van der Waals surface area contributed by atoms with Gasteiger partial charge in [-0.1, -0.05) is 145 Å². The Morgan fingerprint density at radius 1 is 0.805 bits per heavy atom. The molecule has 1 aromatic rings. The van der Waals surface area contributed by atoms with E-state index < -0.39 is 5.60 Å². The Balaban J connectivity index is 1.42. The Morgan fingerprint density at radius 2 is 1.37 bits per heavy atom. The fraction of sp³-hybridized carbons (Fsp3) is 0.711. The lowest BCUT2D eigenvalue weighted by molar-refractivity contribution is -0.164. The molecule has 0 aliphatic carbocycles. The molecule has 1 saturated heterocycles. The van der Waals surface area contributed by atoms with Crippen LogP contribution in [0.3, 0.4) is 0 Å². The van der Waals surface area contributed by atoms with Crippen molar-refractivity contribution >= 4 is 5.97 Å². The largest absolute Gasteiger partial charge is 0.454 e. The summed E-state index contributed by atoms with van der Waals surface area (Å²) in [7, 11) is 0. The number of rotatable bonds is 22. The molecule has 2 rings (SSSR count). The number of unbranched alkanes of at least 4 members (excludes halogenated alkanes) is 17. The molecule has 1 aliphatic heterocycles. The van der Waals surface area contributed by atoms with Gasteiger partial charge >= 0.3 is 5.97 Å². The van der Waals surface area contributed by atoms with Gasteiger partial charge in [-0.3, -0.25) is 4.79 Å². The molecule has 41 heavy (non-hydrogen) atoms. The summed E-state index contributed by atoms with van der Waals surface area (Å²) < 4.78 is 6.12. The fourth-order valence-electron chi connectivity index (χ4n) is 5.86. The van der Waals surface area contributed by atoms with Crippen molar-refractivity contribution in [1.29, 1.82) is 0 Å². The second-order valence-corrected chi connectivity index (χ2v) is 12.2. The van der Waals surface area contributed by atoms with E-state index in [4.69, 9.17) is 4.74 Å². The van der Waals surface area contributed by atoms with Gasteiger partial charge in [0.1, 0.15) is 5.60 Å². The lowest BCUT2D eigenvalue weighted by Gasteiger charge is -2.37. The van der Waals surface area contributed by atoms with Crippen LogP contribution in [0.2, 0.25) is 0 Å². The summed E-state index contributed by atoms with van der Waals surface area (Å²) >= 11 is 0. The van der Waals surface area contributed by atoms with Gasteiger partial charge in [0.2, 0.25) is 0 Å². The van der Waals surface area contributed by atoms with Gasteiger partial charge in [-0.2, -0.15) is 0 Å². The van der Waals surface area contributed by atoms with Gasteiger partial charge in [0, 0.05) is 25.7 Å². The van der Waals surface area contributed by atoms with Crippen molar-refractivity contribution in [2.75, 3.05) is 13.1 Å². The predicted molar refractivity (Wildman–Crippen MR) is 176 cm³/mol. The molecular formula is C38H61NO2. The minimum Gasteiger partial charge on any atom is -0.454 e. The number of benzene rings is 1. The van der Waals surface area contributed by atoms with Crippen molar-refractivity contribution in [2.24, 2.45) is 0 Å². The minimum absolute atomic E-state index is 0.0436. The molecule has 1 aliphatic rings. The zero-order valence-electron chi connectivity index (χ0n) is 26.8. The van der Waals surface area contributed by atoms with Crippen LogP contribution in [-0.2, 0) is 15.1 Å². The van der Waals surface area contributed by atoms with Crippen molar-refractivity contribution < 1.29 is 9.53 Å². The number of allylic oxidation sites excluding steroid dienone is 2. The Kier molecular flexibility index (Phi) is 20.2. The van der Waals surface area contributed by atoms with E-state index in [0.29, 0.717) is 6.42 Å². The highest BCUT2D eigenvalue weighted by Gasteiger charge is 2.37. The molecular weight excluding hydrogens is 502 g/mol. The van der Waals surface area contributed by atoms with E-state index in [1.807, 2.05) is 18.2 Å². The van der Waals surface area contributed by atoms with Gasteiger partial charge in [-0.15, -0.1) is 0 Å². The molecule has 0 bridgehead atoms. The Morgan fingerprint density at radius 3 is 2.00 bits per heavy atom. The number of piperidine rings is 1. The van der Waals surface area contributed by atoms with Gasteiger partial charge in [-0.25, -0.2) is 0 Å². The van der Waals surface area contributed by atoms with Crippen LogP contribution >= 0.6 is 0 Å². The quantitative estimate of drug-likeness (QED) is 0.0866. The highest BCUT2D eigenvalue weighted by atomic mass is 16.6. The molecule has 1 fully saturated rings. The van der Waals surface area contributed by atoms with Crippen LogP contribution in [0.15, 0.2) is 42.0 Å². The van der Waals surface area contributed by atoms with Crippen LogP contribution in [-0.4, -0.2) is 19.1 Å². The molecule has 0 saturated carbocycles. The van der Waals surface area contributed by atoms with E-state index in [9.17, 15) is 4.79 Å². The molecule has 1 N–H and O–H groups in total. The molecule has 3 nitrogen and oxygen atoms in total. The van der Waals surface area contributed by atoms with Crippen molar-refractivity contribution in [1.82, 2.24) is 5.32 Å². The highest BCUT2D eigenvalue weighted by molar-refractivity contribution is 5.70. The van der Waals surface area contributed by atoms with E-state index in [2.05, 4.69) is 49.2 Å². The zero-order chi connectivity index (χ0) is 29.3. The van der Waals surface area contributed by atoms with E-state index in [-0.39, 0.29) is 5.97 Å². The highest BCUT2D eigenvalue weighted by Crippen LogP contribution is 2.35. The summed E-state index contributed by atoms with van der Waals surface area (Å²) in [6, 6.07) is 10.3. The van der Waals surface area contributed by atoms with Gasteiger partial charge in [-0.05, 0) is 56.8 Å². The monoisotopic (exact) mass is 563 g/mol. The average molecular weight is 564 g/mol. The number of carbonyl (C=O) groups excluding carboxylic acids is 1. The fourth-order valence-corrected chi connectivity index (χ4v) is 5.86. The first kappa shape index (κ1) is 35.1. The second kappa shape index (κ2) is 23.5. The van der Waals surface area contributed by atoms with E-state index in [0.717, 1.165) is 50.8 Å². The maximum absolute atomic E-state index is 12.7. The molecule has 230 valence electrons. The van der Waals surface area contributed by atoms with Crippen molar-refractivity contribution in [3.8, 4) is 11.8 Å². The predicted octanol–water partition coefficient (Wildman–Crippen LogP) is 10.6. The maximum atomic E-state index is 12.7. The molecule has 0 aromatic heterocycles. The first-order valence-corrected chi connectivity index (χ1v) is 17.3. The maximum Gasteiger partial charge on any atom is 0.306 e. The summed E-state index contributed by atoms with van der Waals surface area (Å²) in [5.74, 6) is 6.67. The number of hydrogen-bond donors (Lipinski definition) is 1. The number of ether oxygens (including phenoxy) is 1. The van der Waals surface area contributed by atoms with Crippen LogP contribution in [0.4, 0.5) is 0 Å². The Labute approximate surface area is 253 Å². The number of carbonyl (C=O) groups is 1. The lowest BCUT2D eigenvalue weighted by Crippen LogP contribution is -2.43. The van der Waals surface area contributed by atoms with Gasteiger partial charge < -0.3 is 10.1 Å². The van der Waals surface area contributed by atoms with E-state index >= 15 is 0 Å². The number of hydrogen-bond acceptors (Lipinski definition) is 3. The van der Waals surface area contributed by atoms with Gasteiger partial charge in [0.05, 0.1) is 0 Å². The standard InChI is InChI=1S/C38H61NO2/c1-3-4-5-6-7-8-9-10-11-14-17-21-26-35(2)27-22-18-15-12-13-16-19-25-30-37(40)41-38(31-33-39-34-32-38)36-28-23-20-24-29-36/h20,23-24,26,28-29,39H,3-19,21,25,30-34H2,1-2H3/b35-26+. The topological polar surface area (TPSA) is 38.3 Å². The third kappa shape index (κ3) is 16.9. The first-order chi connectivity index (χ1) is 20.2. The van der Waals surface area contributed by atoms with Gasteiger partial charge in [0.15, 0.2) is 0 Å². The molecule has 1 heterocycles. The Hall–Kier alpha value is -2.05. The van der Waals surface area contributed by atoms with E-state index in [1.165, 1.54) is 108 Å². The normalized spacial score (nSPS) is 14.8. The number of esters is 1. The van der Waals surface area contributed by atoms with E-state index in [1.54, 1.807) is 0 Å². The smallest absolute Gasteiger partial charge is 0.306 e. The van der Waals surface area contributed by atoms with Crippen molar-refractivity contribution in [2.45, 2.75) is 161 Å². The SMILES string of the molecule is CCCCCCCCCCCCC/C=C(\C)C#CCCCCCCCCC(=O)OC1(c2ccccc2)CCNCC1. The molecule has 0 atom stereocenters. The molecule has 0 unspecified atom stereocenters. The molecule has 0 radical (unpaired) electrons. The van der Waals surface area contributed by atoms with Crippen LogP contribution in [0.1, 0.15) is 161 Å². The van der Waals surface area contributed by atoms with Crippen molar-refractivity contribution in [3.63, 3.8) is 0 Å². The molecule has 0 amide bonds. The Bertz CT molecular complexity index is 873. The number of nitrogens with one attached hydrogen (secondary N) is 1. The van der Waals surface area contributed by atoms with Crippen LogP contribution in [0.5, 0.6) is 0 Å². The summed E-state index contributed by atoms with van der Waals surface area (Å²) in [4.78, 5) is 12.7. The van der Waals surface area contributed by atoms with Crippen LogP contribution < -0.4 is 5.32 Å². The third-order valence-electron chi connectivity index (χ3n) is 8.50. The van der Waals surface area contributed by atoms with Crippen molar-refractivity contribution in [3.05, 3.63) is 47.5 Å². The molecule has 3 heteroatoms. The third-order valence-corrected chi connectivity index (χ3v) is 8.50. The summed E-state index contributed by atoms with van der Waals surface area (Å²) in [5.41, 5.74) is 1.92. The summed E-state index contributed by atoms with van der Waals surface area (Å²) in [6.45, 7) is 6.22. The lowest BCUT2D eigenvalue weighted by atomic mass is 9.84. The molecule has 0 spiro atoms. The van der Waals surface area contributed by atoms with Crippen LogP contribution in [0, 0.1) is 11.8 Å². The summed E-state index contributed by atoms with van der Waals surface area (Å²) in [6.07, 6.45) is 29.0. The van der Waals surface area contributed by atoms with Gasteiger partial charge in [0.25, 0.3) is 0 Å². The second-order valence-electron chi connectivity index (χ2n) is 12.2. The zero-order valence-corrected chi connectivity index (χ0v) is 26.8. The van der Waals surface area contributed by atoms with Crippen LogP contribution in [0.25, 0.3) is 0 Å². The summed E-state index contributed by atoms with van der Waals surface area (Å²) in [5, 5.41) is 3.39. The molecule has 1 aromatic carbocycles. The first-order valence-electron chi connectivity index (χ1n) is 17.3. The average Bonchev–Trinajstić information content (AvgIpc) is 2.99.